The molecule has 2 aromatic rings. The van der Waals surface area contributed by atoms with Gasteiger partial charge in [0.25, 0.3) is 5.91 Å². The number of carbonyl (C=O) groups excluding carboxylic acids is 1. The number of para-hydroxylation sites is 2. The highest BCUT2D eigenvalue weighted by atomic mass is 35.5. The van der Waals surface area contributed by atoms with Crippen molar-refractivity contribution in [3.8, 4) is 5.75 Å². The third-order valence-electron chi connectivity index (χ3n) is 2.38. The van der Waals surface area contributed by atoms with Gasteiger partial charge in [0.15, 0.2) is 6.61 Å². The number of nitrogens with one attached hydrogen (secondary N) is 2. The van der Waals surface area contributed by atoms with Crippen LogP contribution in [0.4, 0.5) is 5.69 Å². The number of carboxylic acid groups (broad SMARTS) is 1. The molecule has 0 aliphatic carbocycles. The van der Waals surface area contributed by atoms with Crippen LogP contribution in [0.2, 0.25) is 5.02 Å². The molecule has 0 fully saturated rings. The van der Waals surface area contributed by atoms with Crippen molar-refractivity contribution in [3.63, 3.8) is 0 Å². The first-order valence-corrected chi connectivity index (χ1v) is 6.03. The van der Waals surface area contributed by atoms with Gasteiger partial charge >= 0.3 is 5.97 Å². The van der Waals surface area contributed by atoms with Crippen LogP contribution in [0.5, 0.6) is 5.75 Å². The van der Waals surface area contributed by atoms with E-state index in [9.17, 15) is 9.59 Å². The van der Waals surface area contributed by atoms with Gasteiger partial charge in [0.05, 0.1) is 10.7 Å². The fraction of sp³-hybridized carbons (Fsp3) is 0.0769. The number of aliphatic carboxylic acids is 1. The summed E-state index contributed by atoms with van der Waals surface area (Å²) in [5.74, 6) is -1.22. The van der Waals surface area contributed by atoms with Crippen LogP contribution in [-0.2, 0) is 4.79 Å². The second-order valence-corrected chi connectivity index (χ2v) is 4.30. The van der Waals surface area contributed by atoms with E-state index in [1.807, 2.05) is 0 Å². The van der Waals surface area contributed by atoms with Crippen molar-refractivity contribution in [1.29, 1.82) is 0 Å². The zero-order valence-corrected chi connectivity index (χ0v) is 11.0. The molecule has 1 aromatic carbocycles. The molecular weight excluding hydrogens is 284 g/mol. The van der Waals surface area contributed by atoms with Crippen molar-refractivity contribution in [1.82, 2.24) is 4.98 Å². The number of carboxylic acids is 1. The Morgan fingerprint density at radius 2 is 2.10 bits per heavy atom. The number of H-pyrrole nitrogens is 1. The molecule has 1 amide bonds. The molecular formula is C13H11ClN2O4. The molecule has 0 aliphatic heterocycles. The summed E-state index contributed by atoms with van der Waals surface area (Å²) in [4.78, 5) is 25.2. The number of carbonyl (C=O) groups is 2. The Labute approximate surface area is 119 Å². The summed E-state index contributed by atoms with van der Waals surface area (Å²) >= 11 is 5.72. The minimum absolute atomic E-state index is 0.279. The van der Waals surface area contributed by atoms with Crippen LogP contribution >= 0.6 is 11.6 Å². The predicted molar refractivity (Wildman–Crippen MR) is 73.3 cm³/mol. The molecule has 0 saturated carbocycles. The minimum Gasteiger partial charge on any atom is -0.480 e. The van der Waals surface area contributed by atoms with Crippen molar-refractivity contribution in [2.75, 3.05) is 11.9 Å². The Bertz CT molecular complexity index is 639. The van der Waals surface area contributed by atoms with Gasteiger partial charge in [-0.2, -0.15) is 0 Å². The lowest BCUT2D eigenvalue weighted by molar-refractivity contribution is -0.139. The van der Waals surface area contributed by atoms with E-state index < -0.39 is 18.5 Å². The Morgan fingerprint density at radius 1 is 1.35 bits per heavy atom. The molecule has 3 N–H and O–H groups in total. The lowest BCUT2D eigenvalue weighted by atomic mass is 10.3. The number of hydrogen-bond acceptors (Lipinski definition) is 3. The van der Waals surface area contributed by atoms with Crippen molar-refractivity contribution >= 4 is 29.2 Å². The lowest BCUT2D eigenvalue weighted by Crippen LogP contribution is -2.15. The quantitative estimate of drug-likeness (QED) is 0.789. The molecule has 0 bridgehead atoms. The molecule has 0 unspecified atom stereocenters. The Hall–Kier alpha value is -2.47. The molecule has 7 heteroatoms. The predicted octanol–water partition coefficient (Wildman–Crippen LogP) is 2.38. The molecule has 20 heavy (non-hydrogen) atoms. The van der Waals surface area contributed by atoms with Crippen molar-refractivity contribution in [2.24, 2.45) is 0 Å². The van der Waals surface area contributed by atoms with Crippen LogP contribution in [0.1, 0.15) is 10.5 Å². The second-order valence-electron chi connectivity index (χ2n) is 3.86. The molecule has 2 rings (SSSR count). The van der Waals surface area contributed by atoms with E-state index in [4.69, 9.17) is 21.4 Å². The molecule has 104 valence electrons. The van der Waals surface area contributed by atoms with E-state index in [2.05, 4.69) is 10.3 Å². The normalized spacial score (nSPS) is 10.1. The van der Waals surface area contributed by atoms with Gasteiger partial charge in [-0.3, -0.25) is 4.79 Å². The SMILES string of the molecule is O=C(O)COc1ccccc1NC(=O)c1cc(Cl)c[nH]1. The standard InChI is InChI=1S/C13H11ClN2O4/c14-8-5-10(15-6-8)13(19)16-9-3-1-2-4-11(9)20-7-12(17)18/h1-6,15H,7H2,(H,16,19)(H,17,18). The average molecular weight is 295 g/mol. The highest BCUT2D eigenvalue weighted by molar-refractivity contribution is 6.31. The van der Waals surface area contributed by atoms with Gasteiger partial charge in [0.1, 0.15) is 11.4 Å². The zero-order valence-electron chi connectivity index (χ0n) is 10.2. The summed E-state index contributed by atoms with van der Waals surface area (Å²) in [5, 5.41) is 11.6. The number of rotatable bonds is 5. The monoisotopic (exact) mass is 294 g/mol. The van der Waals surface area contributed by atoms with E-state index in [-0.39, 0.29) is 5.75 Å². The summed E-state index contributed by atoms with van der Waals surface area (Å²) in [5.41, 5.74) is 0.674. The van der Waals surface area contributed by atoms with Crippen LogP contribution in [0.25, 0.3) is 0 Å². The summed E-state index contributed by atoms with van der Waals surface area (Å²) in [6.07, 6.45) is 1.49. The highest BCUT2D eigenvalue weighted by Gasteiger charge is 2.12. The van der Waals surface area contributed by atoms with Gasteiger partial charge in [-0.05, 0) is 18.2 Å². The van der Waals surface area contributed by atoms with Gasteiger partial charge in [0, 0.05) is 6.20 Å². The molecule has 0 saturated heterocycles. The number of aromatic nitrogens is 1. The largest absolute Gasteiger partial charge is 0.480 e. The number of hydrogen-bond donors (Lipinski definition) is 3. The third-order valence-corrected chi connectivity index (χ3v) is 2.60. The summed E-state index contributed by atoms with van der Waals surface area (Å²) in [6, 6.07) is 8.04. The minimum atomic E-state index is -1.10. The molecule has 6 nitrogen and oxygen atoms in total. The summed E-state index contributed by atoms with van der Waals surface area (Å²) < 4.78 is 5.09. The van der Waals surface area contributed by atoms with Gasteiger partial charge in [-0.25, -0.2) is 4.79 Å². The van der Waals surface area contributed by atoms with Gasteiger partial charge in [-0.15, -0.1) is 0 Å². The van der Waals surface area contributed by atoms with Crippen molar-refractivity contribution in [2.45, 2.75) is 0 Å². The Kier molecular flexibility index (Phi) is 4.27. The summed E-state index contributed by atoms with van der Waals surface area (Å²) in [6.45, 7) is -0.485. The van der Waals surface area contributed by atoms with E-state index in [0.29, 0.717) is 16.4 Å². The van der Waals surface area contributed by atoms with E-state index in [1.54, 1.807) is 24.3 Å². The maximum Gasteiger partial charge on any atom is 0.341 e. The fourth-order valence-electron chi connectivity index (χ4n) is 1.52. The number of amides is 1. The van der Waals surface area contributed by atoms with Crippen LogP contribution in [0.3, 0.4) is 0 Å². The first-order valence-electron chi connectivity index (χ1n) is 5.65. The molecule has 0 atom stereocenters. The Morgan fingerprint density at radius 3 is 2.75 bits per heavy atom. The molecule has 0 aliphatic rings. The average Bonchev–Trinajstić information content (AvgIpc) is 2.84. The lowest BCUT2D eigenvalue weighted by Gasteiger charge is -2.10. The number of aromatic amines is 1. The Balaban J connectivity index is 2.12. The second kappa shape index (κ2) is 6.12. The highest BCUT2D eigenvalue weighted by Crippen LogP contribution is 2.24. The van der Waals surface area contributed by atoms with E-state index in [0.717, 1.165) is 0 Å². The number of anilines is 1. The molecule has 1 aromatic heterocycles. The summed E-state index contributed by atoms with van der Waals surface area (Å²) in [7, 11) is 0. The van der Waals surface area contributed by atoms with Crippen molar-refractivity contribution < 1.29 is 19.4 Å². The van der Waals surface area contributed by atoms with Gasteiger partial charge < -0.3 is 20.1 Å². The van der Waals surface area contributed by atoms with Gasteiger partial charge in [0.2, 0.25) is 0 Å². The first kappa shape index (κ1) is 14.0. The van der Waals surface area contributed by atoms with Crippen LogP contribution in [-0.4, -0.2) is 28.6 Å². The molecule has 1 heterocycles. The first-order chi connectivity index (χ1) is 9.56. The fourth-order valence-corrected chi connectivity index (χ4v) is 1.69. The van der Waals surface area contributed by atoms with Crippen LogP contribution in [0.15, 0.2) is 36.5 Å². The van der Waals surface area contributed by atoms with Crippen LogP contribution < -0.4 is 10.1 Å². The van der Waals surface area contributed by atoms with Gasteiger partial charge in [-0.1, -0.05) is 23.7 Å². The maximum atomic E-state index is 11.9. The molecule has 0 radical (unpaired) electrons. The smallest absolute Gasteiger partial charge is 0.341 e. The number of benzene rings is 1. The van der Waals surface area contributed by atoms with E-state index in [1.165, 1.54) is 12.3 Å². The number of halogens is 1. The third kappa shape index (κ3) is 3.52. The zero-order chi connectivity index (χ0) is 14.5. The van der Waals surface area contributed by atoms with Crippen molar-refractivity contribution in [3.05, 3.63) is 47.2 Å². The number of ether oxygens (including phenoxy) is 1. The topological polar surface area (TPSA) is 91.4 Å². The van der Waals surface area contributed by atoms with E-state index >= 15 is 0 Å². The maximum absolute atomic E-state index is 11.9. The molecule has 0 spiro atoms. The van der Waals surface area contributed by atoms with Crippen LogP contribution in [0, 0.1) is 0 Å².